The minimum Gasteiger partial charge on any atom is -0.455 e. The number of hydrogen-bond donors (Lipinski definition) is 0. The molecule has 57 heavy (non-hydrogen) atoms. The monoisotopic (exact) mass is 729 g/mol. The quantitative estimate of drug-likeness (QED) is 0.177. The fourth-order valence-electron chi connectivity index (χ4n) is 8.68. The van der Waals surface area contributed by atoms with Crippen LogP contribution in [0.2, 0.25) is 0 Å². The Morgan fingerprint density at radius 1 is 0.404 bits per heavy atom. The van der Waals surface area contributed by atoms with E-state index in [0.29, 0.717) is 11.5 Å². The van der Waals surface area contributed by atoms with Crippen LogP contribution >= 0.6 is 0 Å². The highest BCUT2D eigenvalue weighted by Crippen LogP contribution is 2.45. The van der Waals surface area contributed by atoms with Gasteiger partial charge in [0.1, 0.15) is 16.9 Å². The van der Waals surface area contributed by atoms with Crippen molar-refractivity contribution in [2.45, 2.75) is 0 Å². The Kier molecular flexibility index (Phi) is 6.83. The second kappa shape index (κ2) is 12.3. The Bertz CT molecular complexity index is 3500. The predicted octanol–water partition coefficient (Wildman–Crippen LogP) is 13.0. The number of fused-ring (bicyclic) bond motifs is 10. The van der Waals surface area contributed by atoms with Crippen LogP contribution < -0.4 is 0 Å². The Hall–Kier alpha value is -7.83. The van der Waals surface area contributed by atoms with Crippen LogP contribution in [-0.2, 0) is 0 Å². The maximum absolute atomic E-state index is 6.72. The van der Waals surface area contributed by atoms with Crippen LogP contribution in [0.5, 0.6) is 0 Å². The van der Waals surface area contributed by atoms with Gasteiger partial charge < -0.3 is 8.98 Å². The van der Waals surface area contributed by atoms with Crippen LogP contribution in [0.25, 0.3) is 111 Å². The van der Waals surface area contributed by atoms with E-state index in [2.05, 4.69) is 143 Å². The summed E-state index contributed by atoms with van der Waals surface area (Å²) < 4.78 is 11.4. The molecule has 0 fully saturated rings. The summed E-state index contributed by atoms with van der Waals surface area (Å²) in [6, 6.07) is 63.2. The molecule has 266 valence electrons. The second-order valence-electron chi connectivity index (χ2n) is 14.4. The lowest BCUT2D eigenvalue weighted by Gasteiger charge is -2.17. The third-order valence-electron chi connectivity index (χ3n) is 11.2. The van der Waals surface area contributed by atoms with Crippen molar-refractivity contribution in [1.82, 2.24) is 24.1 Å². The molecule has 0 unspecified atom stereocenters. The van der Waals surface area contributed by atoms with Crippen LogP contribution in [0, 0.1) is 0 Å². The van der Waals surface area contributed by atoms with Gasteiger partial charge in [-0.2, -0.15) is 0 Å². The van der Waals surface area contributed by atoms with Crippen molar-refractivity contribution in [3.05, 3.63) is 188 Å². The van der Waals surface area contributed by atoms with E-state index in [-0.39, 0.29) is 0 Å². The molecule has 0 radical (unpaired) electrons. The standard InChI is InChI=1S/C51H31N5O/c1-4-16-32(17-5-1)47-48(33-18-6-2-7-19-33)54-51(49(53-47)40-24-14-15-29-52-40)56-41-25-12-10-22-35(41)38-30-39-44(31-43(38)56)55(34-20-8-3-9-21-34)42-28-27-37-36-23-11-13-26-45(36)57-50(37)46(39)42/h1-31H. The molecule has 0 saturated carbocycles. The van der Waals surface area contributed by atoms with E-state index < -0.39 is 0 Å². The van der Waals surface area contributed by atoms with E-state index in [1.54, 1.807) is 0 Å². The Morgan fingerprint density at radius 2 is 1.05 bits per heavy atom. The first-order valence-electron chi connectivity index (χ1n) is 19.1. The molecule has 6 nitrogen and oxygen atoms in total. The lowest BCUT2D eigenvalue weighted by Crippen LogP contribution is -2.07. The molecule has 7 aromatic carbocycles. The van der Waals surface area contributed by atoms with Crippen LogP contribution in [0.3, 0.4) is 0 Å². The Labute approximate surface area is 326 Å². The molecular weight excluding hydrogens is 699 g/mol. The van der Waals surface area contributed by atoms with E-state index in [9.17, 15) is 0 Å². The fourth-order valence-corrected chi connectivity index (χ4v) is 8.68. The average molecular weight is 730 g/mol. The van der Waals surface area contributed by atoms with E-state index >= 15 is 0 Å². The SMILES string of the molecule is c1ccc(-c2nc(-c3ccccn3)c(-n3c4ccccc4c4cc5c6c7oc8ccccc8c7ccc6n(-c6ccccc6)c5cc43)nc2-c2ccccc2)cc1. The third kappa shape index (κ3) is 4.74. The summed E-state index contributed by atoms with van der Waals surface area (Å²) in [7, 11) is 0. The van der Waals surface area contributed by atoms with Crippen LogP contribution in [0.4, 0.5) is 0 Å². The van der Waals surface area contributed by atoms with Crippen LogP contribution in [0.15, 0.2) is 193 Å². The summed E-state index contributed by atoms with van der Waals surface area (Å²) in [6.07, 6.45) is 1.82. The first kappa shape index (κ1) is 31.5. The number of hydrogen-bond acceptors (Lipinski definition) is 4. The minimum atomic E-state index is 0.699. The van der Waals surface area contributed by atoms with Crippen molar-refractivity contribution in [2.24, 2.45) is 0 Å². The van der Waals surface area contributed by atoms with Crippen molar-refractivity contribution < 1.29 is 4.42 Å². The van der Waals surface area contributed by atoms with Crippen LogP contribution in [0.1, 0.15) is 0 Å². The Morgan fingerprint density at radius 3 is 1.81 bits per heavy atom. The molecule has 0 aliphatic heterocycles. The van der Waals surface area contributed by atoms with Crippen molar-refractivity contribution >= 4 is 65.6 Å². The van der Waals surface area contributed by atoms with Gasteiger partial charge in [-0.3, -0.25) is 9.55 Å². The molecule has 5 heterocycles. The van der Waals surface area contributed by atoms with Gasteiger partial charge in [-0.15, -0.1) is 0 Å². The van der Waals surface area contributed by atoms with Crippen molar-refractivity contribution in [2.75, 3.05) is 0 Å². The van der Waals surface area contributed by atoms with Crippen LogP contribution in [-0.4, -0.2) is 24.1 Å². The van der Waals surface area contributed by atoms with Gasteiger partial charge in [-0.1, -0.05) is 121 Å². The molecule has 0 aliphatic rings. The van der Waals surface area contributed by atoms with Gasteiger partial charge in [0.15, 0.2) is 5.82 Å². The maximum Gasteiger partial charge on any atom is 0.166 e. The zero-order valence-corrected chi connectivity index (χ0v) is 30.5. The van der Waals surface area contributed by atoms with Gasteiger partial charge in [0.25, 0.3) is 0 Å². The first-order chi connectivity index (χ1) is 28.3. The molecular formula is C51H31N5O. The predicted molar refractivity (Wildman–Crippen MR) is 232 cm³/mol. The zero-order valence-electron chi connectivity index (χ0n) is 30.5. The average Bonchev–Trinajstić information content (AvgIpc) is 3.93. The lowest BCUT2D eigenvalue weighted by atomic mass is 10.0. The molecule has 0 bridgehead atoms. The number of rotatable bonds is 5. The molecule has 6 heteroatoms. The van der Waals surface area contributed by atoms with E-state index in [0.717, 1.165) is 99.4 Å². The van der Waals surface area contributed by atoms with Crippen molar-refractivity contribution in [3.63, 3.8) is 0 Å². The number of pyridine rings is 1. The topological polar surface area (TPSA) is 61.7 Å². The number of para-hydroxylation sites is 3. The molecule has 12 rings (SSSR count). The summed E-state index contributed by atoms with van der Waals surface area (Å²) in [4.78, 5) is 16.0. The molecule has 12 aromatic rings. The van der Waals surface area contributed by atoms with Crippen molar-refractivity contribution in [1.29, 1.82) is 0 Å². The molecule has 0 saturated heterocycles. The second-order valence-corrected chi connectivity index (χ2v) is 14.4. The highest BCUT2D eigenvalue weighted by molar-refractivity contribution is 6.27. The lowest BCUT2D eigenvalue weighted by molar-refractivity contribution is 0.673. The number of nitrogens with zero attached hydrogens (tertiary/aromatic N) is 5. The van der Waals surface area contributed by atoms with Gasteiger partial charge in [0.05, 0.1) is 44.5 Å². The summed E-state index contributed by atoms with van der Waals surface area (Å²) in [5.74, 6) is 0.708. The highest BCUT2D eigenvalue weighted by Gasteiger charge is 2.26. The van der Waals surface area contributed by atoms with E-state index in [1.165, 1.54) is 0 Å². The Balaban J connectivity index is 1.25. The van der Waals surface area contributed by atoms with E-state index in [4.69, 9.17) is 19.4 Å². The normalized spacial score (nSPS) is 11.9. The molecule has 0 atom stereocenters. The molecule has 0 amide bonds. The zero-order chi connectivity index (χ0) is 37.5. The summed E-state index contributed by atoms with van der Waals surface area (Å²) in [6.45, 7) is 0. The molecule has 0 spiro atoms. The van der Waals surface area contributed by atoms with Gasteiger partial charge >= 0.3 is 0 Å². The molecule has 0 N–H and O–H groups in total. The summed E-state index contributed by atoms with van der Waals surface area (Å²) in [5, 5.41) is 6.66. The largest absolute Gasteiger partial charge is 0.455 e. The summed E-state index contributed by atoms with van der Waals surface area (Å²) >= 11 is 0. The molecule has 0 aliphatic carbocycles. The fraction of sp³-hybridized carbons (Fsp3) is 0. The van der Waals surface area contributed by atoms with Gasteiger partial charge in [0, 0.05) is 49.9 Å². The van der Waals surface area contributed by atoms with Gasteiger partial charge in [0.2, 0.25) is 0 Å². The van der Waals surface area contributed by atoms with Gasteiger partial charge in [-0.05, 0) is 60.7 Å². The highest BCUT2D eigenvalue weighted by atomic mass is 16.3. The smallest absolute Gasteiger partial charge is 0.166 e. The molecule has 5 aromatic heterocycles. The third-order valence-corrected chi connectivity index (χ3v) is 11.2. The number of benzene rings is 7. The summed E-state index contributed by atoms with van der Waals surface area (Å²) in [5.41, 5.74) is 12.1. The minimum absolute atomic E-state index is 0.699. The first-order valence-corrected chi connectivity index (χ1v) is 19.1. The number of aromatic nitrogens is 5. The van der Waals surface area contributed by atoms with Gasteiger partial charge in [-0.25, -0.2) is 9.97 Å². The maximum atomic E-state index is 6.72. The van der Waals surface area contributed by atoms with Crippen molar-refractivity contribution in [3.8, 4) is 45.4 Å². The number of furan rings is 1. The van der Waals surface area contributed by atoms with E-state index in [1.807, 2.05) is 54.7 Å².